The van der Waals surface area contributed by atoms with E-state index in [1.165, 1.54) is 0 Å². The zero-order chi connectivity index (χ0) is 14.4. The Morgan fingerprint density at radius 1 is 1.10 bits per heavy atom. The van der Waals surface area contributed by atoms with Crippen molar-refractivity contribution in [2.45, 2.75) is 6.42 Å². The molecule has 2 rings (SSSR count). The van der Waals surface area contributed by atoms with E-state index in [9.17, 15) is 0 Å². The Morgan fingerprint density at radius 2 is 1.90 bits per heavy atom. The number of nitrogens with zero attached hydrogens (tertiary/aromatic N) is 1. The molecule has 5 nitrogen and oxygen atoms in total. The molecule has 1 heterocycles. The fraction of sp³-hybridized carbons (Fsp3) is 0.267. The second-order valence-corrected chi connectivity index (χ2v) is 4.28. The Morgan fingerprint density at radius 3 is 2.65 bits per heavy atom. The number of hydrogen-bond acceptors (Lipinski definition) is 5. The van der Waals surface area contributed by atoms with Crippen LogP contribution >= 0.6 is 0 Å². The number of nitrogens with one attached hydrogen (secondary N) is 1. The Hall–Kier alpha value is -2.43. The van der Waals surface area contributed by atoms with Crippen LogP contribution in [-0.4, -0.2) is 25.7 Å². The minimum absolute atomic E-state index is 0.437. The summed E-state index contributed by atoms with van der Waals surface area (Å²) >= 11 is 0. The van der Waals surface area contributed by atoms with Crippen molar-refractivity contribution in [2.75, 3.05) is 31.8 Å². The Balaban J connectivity index is 1.96. The maximum Gasteiger partial charge on any atom is 0.238 e. The van der Waals surface area contributed by atoms with Gasteiger partial charge in [-0.2, -0.15) is 4.98 Å². The van der Waals surface area contributed by atoms with Crippen LogP contribution in [0.5, 0.6) is 11.6 Å². The zero-order valence-corrected chi connectivity index (χ0v) is 11.7. The molecule has 0 saturated heterocycles. The summed E-state index contributed by atoms with van der Waals surface area (Å²) in [6.45, 7) is 0.750. The molecule has 0 unspecified atom stereocenters. The summed E-state index contributed by atoms with van der Waals surface area (Å²) < 4.78 is 10.4. The third kappa shape index (κ3) is 3.32. The summed E-state index contributed by atoms with van der Waals surface area (Å²) in [5.41, 5.74) is 7.41. The van der Waals surface area contributed by atoms with Crippen LogP contribution in [0.2, 0.25) is 0 Å². The molecule has 2 aromatic rings. The molecule has 1 aromatic heterocycles. The van der Waals surface area contributed by atoms with E-state index in [4.69, 9.17) is 15.2 Å². The topological polar surface area (TPSA) is 69.4 Å². The maximum absolute atomic E-state index is 5.73. The molecule has 0 amide bonds. The van der Waals surface area contributed by atoms with Crippen LogP contribution < -0.4 is 20.5 Å². The molecule has 0 fully saturated rings. The van der Waals surface area contributed by atoms with Crippen LogP contribution in [0.3, 0.4) is 0 Å². The molecule has 3 N–H and O–H groups in total. The van der Waals surface area contributed by atoms with Gasteiger partial charge >= 0.3 is 0 Å². The number of ether oxygens (including phenoxy) is 2. The predicted molar refractivity (Wildman–Crippen MR) is 80.4 cm³/mol. The molecule has 5 heteroatoms. The SMILES string of the molecule is COc1ccccc1CCNc1ccc(N)c(OC)n1. The second-order valence-electron chi connectivity index (χ2n) is 4.28. The van der Waals surface area contributed by atoms with Gasteiger partial charge in [0.05, 0.1) is 19.9 Å². The first-order chi connectivity index (χ1) is 9.74. The van der Waals surface area contributed by atoms with Crippen molar-refractivity contribution < 1.29 is 9.47 Å². The van der Waals surface area contributed by atoms with Gasteiger partial charge in [-0.1, -0.05) is 18.2 Å². The molecule has 0 bridgehead atoms. The number of hydrogen-bond donors (Lipinski definition) is 2. The summed E-state index contributed by atoms with van der Waals surface area (Å²) in [5.74, 6) is 2.08. The highest BCUT2D eigenvalue weighted by atomic mass is 16.5. The van der Waals surface area contributed by atoms with Crippen molar-refractivity contribution >= 4 is 11.5 Å². The highest BCUT2D eigenvalue weighted by molar-refractivity contribution is 5.53. The van der Waals surface area contributed by atoms with Gasteiger partial charge in [-0.15, -0.1) is 0 Å². The van der Waals surface area contributed by atoms with Gasteiger partial charge in [-0.25, -0.2) is 0 Å². The van der Waals surface area contributed by atoms with Gasteiger partial charge in [0.15, 0.2) is 0 Å². The Kier molecular flexibility index (Phi) is 4.65. The van der Waals surface area contributed by atoms with Crippen LogP contribution in [0.25, 0.3) is 0 Å². The van der Waals surface area contributed by atoms with Gasteiger partial charge in [0.2, 0.25) is 5.88 Å². The van der Waals surface area contributed by atoms with Crippen molar-refractivity contribution in [3.63, 3.8) is 0 Å². The quantitative estimate of drug-likeness (QED) is 0.845. The molecule has 0 radical (unpaired) electrons. The van der Waals surface area contributed by atoms with E-state index in [1.807, 2.05) is 24.3 Å². The van der Waals surface area contributed by atoms with Crippen LogP contribution in [0, 0.1) is 0 Å². The van der Waals surface area contributed by atoms with E-state index in [0.717, 1.165) is 30.1 Å². The van der Waals surface area contributed by atoms with Crippen molar-refractivity contribution in [3.8, 4) is 11.6 Å². The first-order valence-electron chi connectivity index (χ1n) is 6.41. The second kappa shape index (κ2) is 6.65. The lowest BCUT2D eigenvalue weighted by molar-refractivity contribution is 0.401. The molecule has 1 aromatic carbocycles. The van der Waals surface area contributed by atoms with Gasteiger partial charge in [-0.05, 0) is 30.2 Å². The normalized spacial score (nSPS) is 10.1. The Bertz CT molecular complexity index is 573. The average molecular weight is 273 g/mol. The highest BCUT2D eigenvalue weighted by Gasteiger charge is 2.04. The number of nitrogens with two attached hydrogens (primary N) is 1. The summed E-state index contributed by atoms with van der Waals surface area (Å²) in [6.07, 6.45) is 0.846. The number of anilines is 2. The van der Waals surface area contributed by atoms with Gasteiger partial charge in [0, 0.05) is 6.54 Å². The van der Waals surface area contributed by atoms with Gasteiger partial charge in [-0.3, -0.25) is 0 Å². The van der Waals surface area contributed by atoms with Gasteiger partial charge in [0.25, 0.3) is 0 Å². The molecular formula is C15H19N3O2. The highest BCUT2D eigenvalue weighted by Crippen LogP contribution is 2.21. The first-order valence-corrected chi connectivity index (χ1v) is 6.41. The molecule has 20 heavy (non-hydrogen) atoms. The first kappa shape index (κ1) is 14.0. The predicted octanol–water partition coefficient (Wildman–Crippen LogP) is 2.34. The fourth-order valence-corrected chi connectivity index (χ4v) is 1.95. The number of para-hydroxylation sites is 1. The molecular weight excluding hydrogens is 254 g/mol. The van der Waals surface area contributed by atoms with E-state index in [0.29, 0.717) is 11.6 Å². The monoisotopic (exact) mass is 273 g/mol. The van der Waals surface area contributed by atoms with Crippen LogP contribution in [0.1, 0.15) is 5.56 Å². The molecule has 106 valence electrons. The fourth-order valence-electron chi connectivity index (χ4n) is 1.95. The van der Waals surface area contributed by atoms with Crippen LogP contribution in [-0.2, 0) is 6.42 Å². The van der Waals surface area contributed by atoms with Crippen molar-refractivity contribution in [3.05, 3.63) is 42.0 Å². The third-order valence-corrected chi connectivity index (χ3v) is 2.98. The Labute approximate surface area is 118 Å². The van der Waals surface area contributed by atoms with Gasteiger partial charge < -0.3 is 20.5 Å². The zero-order valence-electron chi connectivity index (χ0n) is 11.7. The molecule has 0 atom stereocenters. The number of benzene rings is 1. The molecule has 0 aliphatic rings. The largest absolute Gasteiger partial charge is 0.496 e. The van der Waals surface area contributed by atoms with Crippen molar-refractivity contribution in [1.29, 1.82) is 0 Å². The molecule has 0 saturated carbocycles. The minimum atomic E-state index is 0.437. The molecule has 0 aliphatic heterocycles. The van der Waals surface area contributed by atoms with E-state index >= 15 is 0 Å². The number of pyridine rings is 1. The minimum Gasteiger partial charge on any atom is -0.496 e. The summed E-state index contributed by atoms with van der Waals surface area (Å²) in [6, 6.07) is 11.6. The number of aromatic nitrogens is 1. The lowest BCUT2D eigenvalue weighted by Gasteiger charge is -2.10. The van der Waals surface area contributed by atoms with Gasteiger partial charge in [0.1, 0.15) is 11.6 Å². The van der Waals surface area contributed by atoms with E-state index < -0.39 is 0 Å². The third-order valence-electron chi connectivity index (χ3n) is 2.98. The summed E-state index contributed by atoms with van der Waals surface area (Å²) in [7, 11) is 3.23. The average Bonchev–Trinajstić information content (AvgIpc) is 2.49. The van der Waals surface area contributed by atoms with Crippen molar-refractivity contribution in [1.82, 2.24) is 4.98 Å². The van der Waals surface area contributed by atoms with Crippen LogP contribution in [0.4, 0.5) is 11.5 Å². The van der Waals surface area contributed by atoms with Crippen molar-refractivity contribution in [2.24, 2.45) is 0 Å². The lowest BCUT2D eigenvalue weighted by Crippen LogP contribution is -2.08. The summed E-state index contributed by atoms with van der Waals surface area (Å²) in [4.78, 5) is 4.27. The van der Waals surface area contributed by atoms with E-state index in [-0.39, 0.29) is 0 Å². The number of rotatable bonds is 6. The lowest BCUT2D eigenvalue weighted by atomic mass is 10.1. The van der Waals surface area contributed by atoms with Crippen LogP contribution in [0.15, 0.2) is 36.4 Å². The van der Waals surface area contributed by atoms with E-state index in [1.54, 1.807) is 20.3 Å². The molecule has 0 spiro atoms. The number of nitrogen functional groups attached to an aromatic ring is 1. The number of methoxy groups -OCH3 is 2. The van der Waals surface area contributed by atoms with E-state index in [2.05, 4.69) is 16.4 Å². The smallest absolute Gasteiger partial charge is 0.238 e. The maximum atomic E-state index is 5.73. The standard InChI is InChI=1S/C15H19N3O2/c1-19-13-6-4-3-5-11(13)9-10-17-14-8-7-12(16)15(18-14)20-2/h3-8H,9-10,16H2,1-2H3,(H,17,18). The summed E-state index contributed by atoms with van der Waals surface area (Å²) in [5, 5.41) is 3.24. The molecule has 0 aliphatic carbocycles.